The first-order valence-electron chi connectivity index (χ1n) is 10.5. The molecule has 4 rings (SSSR count). The topological polar surface area (TPSA) is 132 Å². The number of piperidine rings is 1. The molecule has 0 spiro atoms. The number of carbonyl (C=O) groups excluding carboxylic acids is 1. The predicted molar refractivity (Wildman–Crippen MR) is 126 cm³/mol. The Balaban J connectivity index is 1.73. The van der Waals surface area contributed by atoms with Gasteiger partial charge in [0, 0.05) is 48.7 Å². The summed E-state index contributed by atoms with van der Waals surface area (Å²) in [6.07, 6.45) is 6.82. The van der Waals surface area contributed by atoms with Crippen LogP contribution in [0.4, 0.5) is 5.69 Å². The van der Waals surface area contributed by atoms with Gasteiger partial charge in [-0.2, -0.15) is 5.10 Å². The molecule has 0 radical (unpaired) electrons. The minimum Gasteiger partial charge on any atom is -0.481 e. The number of primary amides is 1. The lowest BCUT2D eigenvalue weighted by atomic mass is 9.79. The number of rotatable bonds is 6. The van der Waals surface area contributed by atoms with Gasteiger partial charge in [0.1, 0.15) is 0 Å². The Labute approximate surface area is 192 Å². The minimum atomic E-state index is -3.28. The SMILES string of the molecule is COc1ccc(-c2cc3c(NC4CCN(S(C)(=O)=O)CC4(C)C)c(C(N)=O)cnn3c2)cn1. The second-order valence-electron chi connectivity index (χ2n) is 9.02. The van der Waals surface area contributed by atoms with Gasteiger partial charge in [-0.05, 0) is 24.0 Å². The number of nitrogens with one attached hydrogen (secondary N) is 1. The second kappa shape index (κ2) is 8.31. The van der Waals surface area contributed by atoms with Crippen LogP contribution in [0.1, 0.15) is 30.6 Å². The third-order valence-electron chi connectivity index (χ3n) is 6.16. The minimum absolute atomic E-state index is 0.0826. The standard InChI is InChI=1S/C22H28N6O4S/c1-22(2)13-27(33(4,30)31)8-7-18(22)26-20-16(21(23)29)11-25-28-12-15(9-17(20)28)14-5-6-19(32-3)24-10-14/h5-6,9-12,18,26H,7-8,13H2,1-4H3,(H2,23,29). The van der Waals surface area contributed by atoms with Crippen molar-refractivity contribution in [1.82, 2.24) is 18.9 Å². The maximum absolute atomic E-state index is 12.2. The van der Waals surface area contributed by atoms with Crippen LogP contribution in [0, 0.1) is 5.41 Å². The highest BCUT2D eigenvalue weighted by Crippen LogP contribution is 2.36. The largest absolute Gasteiger partial charge is 0.481 e. The number of sulfonamides is 1. The summed E-state index contributed by atoms with van der Waals surface area (Å²) in [5.74, 6) is -0.0746. The number of carbonyl (C=O) groups is 1. The number of hydrogen-bond donors (Lipinski definition) is 2. The van der Waals surface area contributed by atoms with E-state index < -0.39 is 15.9 Å². The quantitative estimate of drug-likeness (QED) is 0.561. The first-order chi connectivity index (χ1) is 15.5. The molecule has 11 heteroatoms. The maximum atomic E-state index is 12.2. The van der Waals surface area contributed by atoms with Crippen molar-refractivity contribution in [3.05, 3.63) is 42.4 Å². The number of nitrogens with two attached hydrogens (primary N) is 1. The zero-order chi connectivity index (χ0) is 24.0. The summed E-state index contributed by atoms with van der Waals surface area (Å²) < 4.78 is 32.4. The fourth-order valence-corrected chi connectivity index (χ4v) is 5.26. The summed E-state index contributed by atoms with van der Waals surface area (Å²) in [7, 11) is -1.72. The number of anilines is 1. The zero-order valence-electron chi connectivity index (χ0n) is 19.1. The predicted octanol–water partition coefficient (Wildman–Crippen LogP) is 1.98. The van der Waals surface area contributed by atoms with Gasteiger partial charge in [0.15, 0.2) is 0 Å². The van der Waals surface area contributed by atoms with Crippen LogP contribution in [0.3, 0.4) is 0 Å². The van der Waals surface area contributed by atoms with Crippen LogP contribution in [0.2, 0.25) is 0 Å². The molecule has 1 atom stereocenters. The van der Waals surface area contributed by atoms with Crippen LogP contribution in [0.5, 0.6) is 5.88 Å². The summed E-state index contributed by atoms with van der Waals surface area (Å²) in [6, 6.07) is 5.51. The van der Waals surface area contributed by atoms with Crippen LogP contribution in [0.15, 0.2) is 36.8 Å². The van der Waals surface area contributed by atoms with Gasteiger partial charge in [-0.15, -0.1) is 0 Å². The Kier molecular flexibility index (Phi) is 5.79. The summed E-state index contributed by atoms with van der Waals surface area (Å²) in [5, 5.41) is 7.86. The van der Waals surface area contributed by atoms with E-state index >= 15 is 0 Å². The van der Waals surface area contributed by atoms with E-state index in [1.807, 2.05) is 32.2 Å². The molecule has 33 heavy (non-hydrogen) atoms. The molecule has 1 unspecified atom stereocenters. The maximum Gasteiger partial charge on any atom is 0.252 e. The summed E-state index contributed by atoms with van der Waals surface area (Å²) >= 11 is 0. The highest BCUT2D eigenvalue weighted by Gasteiger charge is 2.39. The molecule has 3 aromatic heterocycles. The number of nitrogens with zero attached hydrogens (tertiary/aromatic N) is 4. The zero-order valence-corrected chi connectivity index (χ0v) is 19.9. The molecular weight excluding hydrogens is 444 g/mol. The second-order valence-corrected chi connectivity index (χ2v) is 11.0. The Hall–Kier alpha value is -3.18. The van der Waals surface area contributed by atoms with E-state index in [9.17, 15) is 13.2 Å². The van der Waals surface area contributed by atoms with Gasteiger partial charge in [0.2, 0.25) is 15.9 Å². The summed E-state index contributed by atoms with van der Waals surface area (Å²) in [6.45, 7) is 4.80. The molecule has 1 amide bonds. The van der Waals surface area contributed by atoms with Crippen LogP contribution in [-0.2, 0) is 10.0 Å². The Morgan fingerprint density at radius 2 is 2.03 bits per heavy atom. The third kappa shape index (κ3) is 4.51. The van der Waals surface area contributed by atoms with Gasteiger partial charge in [-0.1, -0.05) is 13.8 Å². The fraction of sp³-hybridized carbons (Fsp3) is 0.409. The van der Waals surface area contributed by atoms with Crippen LogP contribution < -0.4 is 15.8 Å². The number of ether oxygens (including phenoxy) is 1. The lowest BCUT2D eigenvalue weighted by Crippen LogP contribution is -2.53. The van der Waals surface area contributed by atoms with Crippen molar-refractivity contribution in [2.75, 3.05) is 31.8 Å². The molecule has 4 heterocycles. The van der Waals surface area contributed by atoms with Gasteiger partial charge in [-0.3, -0.25) is 4.79 Å². The van der Waals surface area contributed by atoms with Crippen molar-refractivity contribution in [3.8, 4) is 17.0 Å². The molecule has 0 aromatic carbocycles. The average Bonchev–Trinajstić information content (AvgIpc) is 3.19. The number of amides is 1. The molecule has 3 aromatic rings. The van der Waals surface area contributed by atoms with Gasteiger partial charge < -0.3 is 15.8 Å². The Morgan fingerprint density at radius 1 is 1.27 bits per heavy atom. The molecule has 1 saturated heterocycles. The molecule has 1 aliphatic rings. The van der Waals surface area contributed by atoms with E-state index in [4.69, 9.17) is 10.5 Å². The van der Waals surface area contributed by atoms with Crippen LogP contribution >= 0.6 is 0 Å². The average molecular weight is 473 g/mol. The van der Waals surface area contributed by atoms with E-state index in [2.05, 4.69) is 15.4 Å². The highest BCUT2D eigenvalue weighted by atomic mass is 32.2. The molecule has 0 bridgehead atoms. The van der Waals surface area contributed by atoms with E-state index in [1.54, 1.807) is 23.9 Å². The van der Waals surface area contributed by atoms with E-state index in [0.29, 0.717) is 36.6 Å². The van der Waals surface area contributed by atoms with Gasteiger partial charge in [-0.25, -0.2) is 22.2 Å². The van der Waals surface area contributed by atoms with Crippen molar-refractivity contribution < 1.29 is 17.9 Å². The van der Waals surface area contributed by atoms with Gasteiger partial charge in [0.25, 0.3) is 5.91 Å². The molecule has 0 aliphatic carbocycles. The van der Waals surface area contributed by atoms with E-state index in [0.717, 1.165) is 11.1 Å². The van der Waals surface area contributed by atoms with E-state index in [-0.39, 0.29) is 17.0 Å². The van der Waals surface area contributed by atoms with E-state index in [1.165, 1.54) is 16.8 Å². The molecule has 0 saturated carbocycles. The molecule has 176 valence electrons. The van der Waals surface area contributed by atoms with Gasteiger partial charge in [0.05, 0.1) is 36.3 Å². The van der Waals surface area contributed by atoms with Crippen molar-refractivity contribution in [1.29, 1.82) is 0 Å². The van der Waals surface area contributed by atoms with Crippen molar-refractivity contribution in [2.24, 2.45) is 11.1 Å². The first kappa shape index (κ1) is 23.0. The fourth-order valence-electron chi connectivity index (χ4n) is 4.26. The Morgan fingerprint density at radius 3 is 2.61 bits per heavy atom. The number of pyridine rings is 1. The van der Waals surface area contributed by atoms with Crippen molar-refractivity contribution >= 4 is 27.1 Å². The number of fused-ring (bicyclic) bond motifs is 1. The number of hydrogen-bond acceptors (Lipinski definition) is 7. The molecule has 1 fully saturated rings. The lowest BCUT2D eigenvalue weighted by Gasteiger charge is -2.44. The summed E-state index contributed by atoms with van der Waals surface area (Å²) in [4.78, 5) is 16.5. The van der Waals surface area contributed by atoms with Crippen molar-refractivity contribution in [3.63, 3.8) is 0 Å². The molecule has 10 nitrogen and oxygen atoms in total. The van der Waals surface area contributed by atoms with Crippen molar-refractivity contribution in [2.45, 2.75) is 26.3 Å². The van der Waals surface area contributed by atoms with Gasteiger partial charge >= 0.3 is 0 Å². The monoisotopic (exact) mass is 472 g/mol. The molecular formula is C22H28N6O4S. The summed E-state index contributed by atoms with van der Waals surface area (Å²) in [5.41, 5.74) is 8.58. The Bertz CT molecular complexity index is 1300. The molecule has 3 N–H and O–H groups in total. The number of aromatic nitrogens is 3. The molecule has 1 aliphatic heterocycles. The highest BCUT2D eigenvalue weighted by molar-refractivity contribution is 7.88. The smallest absolute Gasteiger partial charge is 0.252 e. The first-order valence-corrected chi connectivity index (χ1v) is 12.4. The van der Waals surface area contributed by atoms with Crippen LogP contribution in [-0.4, -0.2) is 65.7 Å². The third-order valence-corrected chi connectivity index (χ3v) is 7.41. The number of methoxy groups -OCH3 is 1. The van der Waals surface area contributed by atoms with Crippen LogP contribution in [0.25, 0.3) is 16.6 Å². The normalized spacial score (nSPS) is 18.8. The lowest BCUT2D eigenvalue weighted by molar-refractivity contribution is 0.1000.